The molecule has 0 bridgehead atoms. The SMILES string of the molecule is CCCCc1nc(Cl)c(CN[C@@H]2CC(=O)N(c3ccccc3)C2)[nH]1. The lowest BCUT2D eigenvalue weighted by atomic mass is 10.2. The zero-order valence-corrected chi connectivity index (χ0v) is 14.6. The van der Waals surface area contributed by atoms with Crippen molar-refractivity contribution in [3.8, 4) is 0 Å². The molecule has 0 unspecified atom stereocenters. The predicted molar refractivity (Wildman–Crippen MR) is 96.2 cm³/mol. The molecule has 5 nitrogen and oxygen atoms in total. The number of unbranched alkanes of at least 4 members (excludes halogenated alkanes) is 1. The Morgan fingerprint density at radius 1 is 1.38 bits per heavy atom. The van der Waals surface area contributed by atoms with E-state index in [1.807, 2.05) is 35.2 Å². The number of aromatic amines is 1. The zero-order chi connectivity index (χ0) is 16.9. The molecule has 0 spiro atoms. The van der Waals surface area contributed by atoms with Crippen molar-refractivity contribution in [2.45, 2.75) is 45.2 Å². The van der Waals surface area contributed by atoms with E-state index in [4.69, 9.17) is 11.6 Å². The first-order valence-corrected chi connectivity index (χ1v) is 8.87. The summed E-state index contributed by atoms with van der Waals surface area (Å²) >= 11 is 6.20. The normalized spacial score (nSPS) is 17.7. The number of hydrogen-bond acceptors (Lipinski definition) is 3. The Bertz CT molecular complexity index is 686. The van der Waals surface area contributed by atoms with Gasteiger partial charge in [0, 0.05) is 37.7 Å². The standard InChI is InChI=1S/C18H23ClN4O/c1-2-3-9-16-21-15(18(19)22-16)11-20-13-10-17(24)23(12-13)14-7-5-4-6-8-14/h4-8,13,20H,2-3,9-12H2,1H3,(H,21,22)/t13-/m1/s1. The molecule has 0 saturated carbocycles. The third-order valence-corrected chi connectivity index (χ3v) is 4.62. The lowest BCUT2D eigenvalue weighted by Gasteiger charge is -2.17. The van der Waals surface area contributed by atoms with E-state index in [1.54, 1.807) is 0 Å². The average molecular weight is 347 g/mol. The molecule has 24 heavy (non-hydrogen) atoms. The molecule has 0 radical (unpaired) electrons. The number of para-hydroxylation sites is 1. The molecule has 2 N–H and O–H groups in total. The van der Waals surface area contributed by atoms with E-state index >= 15 is 0 Å². The van der Waals surface area contributed by atoms with Crippen LogP contribution in [0.1, 0.15) is 37.7 Å². The minimum atomic E-state index is 0.121. The number of imidazole rings is 1. The van der Waals surface area contributed by atoms with Crippen LogP contribution in [0.4, 0.5) is 5.69 Å². The number of nitrogens with zero attached hydrogens (tertiary/aromatic N) is 2. The molecule has 1 amide bonds. The second-order valence-corrected chi connectivity index (χ2v) is 6.54. The first kappa shape index (κ1) is 17.0. The summed E-state index contributed by atoms with van der Waals surface area (Å²) in [7, 11) is 0. The second-order valence-electron chi connectivity index (χ2n) is 6.18. The fraction of sp³-hybridized carbons (Fsp3) is 0.444. The van der Waals surface area contributed by atoms with Gasteiger partial charge in [0.1, 0.15) is 5.82 Å². The Morgan fingerprint density at radius 3 is 2.92 bits per heavy atom. The van der Waals surface area contributed by atoms with Crippen molar-refractivity contribution >= 4 is 23.2 Å². The molecule has 3 rings (SSSR count). The smallest absolute Gasteiger partial charge is 0.228 e. The van der Waals surface area contributed by atoms with Crippen molar-refractivity contribution in [3.63, 3.8) is 0 Å². The zero-order valence-electron chi connectivity index (χ0n) is 13.9. The highest BCUT2D eigenvalue weighted by molar-refractivity contribution is 6.30. The van der Waals surface area contributed by atoms with Gasteiger partial charge in [-0.1, -0.05) is 43.1 Å². The van der Waals surface area contributed by atoms with E-state index in [1.165, 1.54) is 0 Å². The number of amides is 1. The van der Waals surface area contributed by atoms with Crippen molar-refractivity contribution in [2.24, 2.45) is 0 Å². The third-order valence-electron chi connectivity index (χ3n) is 4.30. The van der Waals surface area contributed by atoms with Crippen LogP contribution in [0.3, 0.4) is 0 Å². The first-order chi connectivity index (χ1) is 11.7. The Labute approximate surface area is 147 Å². The van der Waals surface area contributed by atoms with Gasteiger partial charge in [0.05, 0.1) is 5.69 Å². The van der Waals surface area contributed by atoms with E-state index in [0.29, 0.717) is 24.7 Å². The summed E-state index contributed by atoms with van der Waals surface area (Å²) in [6.45, 7) is 3.43. The molecule has 128 valence electrons. The van der Waals surface area contributed by atoms with Gasteiger partial charge in [-0.05, 0) is 18.6 Å². The number of H-pyrrole nitrogens is 1. The number of anilines is 1. The van der Waals surface area contributed by atoms with Crippen molar-refractivity contribution in [3.05, 3.63) is 47.0 Å². The largest absolute Gasteiger partial charge is 0.344 e. The van der Waals surface area contributed by atoms with Crippen LogP contribution in [0.25, 0.3) is 0 Å². The van der Waals surface area contributed by atoms with Crippen LogP contribution in [0.5, 0.6) is 0 Å². The summed E-state index contributed by atoms with van der Waals surface area (Å²) in [6, 6.07) is 9.90. The minimum absolute atomic E-state index is 0.121. The van der Waals surface area contributed by atoms with E-state index < -0.39 is 0 Å². The molecular weight excluding hydrogens is 324 g/mol. The second kappa shape index (κ2) is 7.81. The van der Waals surface area contributed by atoms with Crippen molar-refractivity contribution in [2.75, 3.05) is 11.4 Å². The number of hydrogen-bond donors (Lipinski definition) is 2. The number of nitrogens with one attached hydrogen (secondary N) is 2. The van der Waals surface area contributed by atoms with Crippen molar-refractivity contribution in [1.82, 2.24) is 15.3 Å². The summed E-state index contributed by atoms with van der Waals surface area (Å²) in [4.78, 5) is 21.7. The maximum Gasteiger partial charge on any atom is 0.228 e. The molecular formula is C18H23ClN4O. The van der Waals surface area contributed by atoms with Crippen LogP contribution in [0.15, 0.2) is 30.3 Å². The molecule has 1 saturated heterocycles. The van der Waals surface area contributed by atoms with E-state index in [9.17, 15) is 4.79 Å². The van der Waals surface area contributed by atoms with Gasteiger partial charge < -0.3 is 15.2 Å². The molecule has 1 aliphatic rings. The Kier molecular flexibility index (Phi) is 5.53. The van der Waals surface area contributed by atoms with Gasteiger partial charge in [-0.3, -0.25) is 4.79 Å². The number of benzene rings is 1. The maximum absolute atomic E-state index is 12.2. The van der Waals surface area contributed by atoms with Gasteiger partial charge in [-0.15, -0.1) is 0 Å². The van der Waals surface area contributed by atoms with E-state index in [-0.39, 0.29) is 11.9 Å². The number of rotatable bonds is 7. The average Bonchev–Trinajstić information content (AvgIpc) is 3.14. The summed E-state index contributed by atoms with van der Waals surface area (Å²) in [6.07, 6.45) is 3.65. The summed E-state index contributed by atoms with van der Waals surface area (Å²) in [5.74, 6) is 1.09. The van der Waals surface area contributed by atoms with Crippen LogP contribution in [-0.4, -0.2) is 28.5 Å². The Hall–Kier alpha value is -1.85. The van der Waals surface area contributed by atoms with Gasteiger partial charge in [-0.25, -0.2) is 4.98 Å². The molecule has 0 aliphatic carbocycles. The van der Waals surface area contributed by atoms with Crippen LogP contribution in [0.2, 0.25) is 5.15 Å². The van der Waals surface area contributed by atoms with E-state index in [2.05, 4.69) is 22.2 Å². The van der Waals surface area contributed by atoms with Gasteiger partial charge in [-0.2, -0.15) is 0 Å². The van der Waals surface area contributed by atoms with Crippen molar-refractivity contribution < 1.29 is 4.79 Å². The predicted octanol–water partition coefficient (Wildman–Crippen LogP) is 3.30. The highest BCUT2D eigenvalue weighted by atomic mass is 35.5. The number of aryl methyl sites for hydroxylation is 1. The number of aromatic nitrogens is 2. The van der Waals surface area contributed by atoms with Gasteiger partial charge in [0.25, 0.3) is 0 Å². The van der Waals surface area contributed by atoms with Crippen LogP contribution < -0.4 is 10.2 Å². The quantitative estimate of drug-likeness (QED) is 0.808. The Balaban J connectivity index is 1.56. The van der Waals surface area contributed by atoms with Gasteiger partial charge in [0.2, 0.25) is 5.91 Å². The maximum atomic E-state index is 12.2. The molecule has 2 aromatic rings. The van der Waals surface area contributed by atoms with Crippen LogP contribution in [0, 0.1) is 0 Å². The monoisotopic (exact) mass is 346 g/mol. The molecule has 6 heteroatoms. The molecule has 1 atom stereocenters. The lowest BCUT2D eigenvalue weighted by Crippen LogP contribution is -2.32. The lowest BCUT2D eigenvalue weighted by molar-refractivity contribution is -0.117. The van der Waals surface area contributed by atoms with Crippen LogP contribution >= 0.6 is 11.6 Å². The highest BCUT2D eigenvalue weighted by Crippen LogP contribution is 2.21. The molecule has 1 aromatic heterocycles. The van der Waals surface area contributed by atoms with Gasteiger partial charge >= 0.3 is 0 Å². The van der Waals surface area contributed by atoms with Crippen molar-refractivity contribution in [1.29, 1.82) is 0 Å². The summed E-state index contributed by atoms with van der Waals surface area (Å²) in [5.41, 5.74) is 1.85. The number of carbonyl (C=O) groups excluding carboxylic acids is 1. The fourth-order valence-electron chi connectivity index (χ4n) is 2.97. The molecule has 2 heterocycles. The number of halogens is 1. The molecule has 1 aromatic carbocycles. The summed E-state index contributed by atoms with van der Waals surface area (Å²) in [5, 5.41) is 3.95. The van der Waals surface area contributed by atoms with E-state index in [0.717, 1.165) is 36.5 Å². The minimum Gasteiger partial charge on any atom is -0.344 e. The first-order valence-electron chi connectivity index (χ1n) is 8.49. The number of carbonyl (C=O) groups is 1. The van der Waals surface area contributed by atoms with Crippen LogP contribution in [-0.2, 0) is 17.8 Å². The topological polar surface area (TPSA) is 61.0 Å². The highest BCUT2D eigenvalue weighted by Gasteiger charge is 2.30. The molecule has 1 aliphatic heterocycles. The van der Waals surface area contributed by atoms with Gasteiger partial charge in [0.15, 0.2) is 5.15 Å². The third kappa shape index (κ3) is 3.97. The molecule has 1 fully saturated rings. The fourth-order valence-corrected chi connectivity index (χ4v) is 3.18. The summed E-state index contributed by atoms with van der Waals surface area (Å²) < 4.78 is 0. The Morgan fingerprint density at radius 2 is 2.17 bits per heavy atom.